The van der Waals surface area contributed by atoms with Crippen LogP contribution in [0.5, 0.6) is 0 Å². The summed E-state index contributed by atoms with van der Waals surface area (Å²) in [4.78, 5) is 12.3. The summed E-state index contributed by atoms with van der Waals surface area (Å²) in [7, 11) is 0. The summed E-state index contributed by atoms with van der Waals surface area (Å²) in [6.45, 7) is 0.580. The number of nitrogens with one attached hydrogen (secondary N) is 1. The molecule has 0 aliphatic rings. The van der Waals surface area contributed by atoms with Gasteiger partial charge in [-0.15, -0.1) is 0 Å². The minimum absolute atomic E-state index is 0.374. The summed E-state index contributed by atoms with van der Waals surface area (Å²) in [5, 5.41) is 7.65. The number of rotatable bonds is 3. The van der Waals surface area contributed by atoms with Crippen molar-refractivity contribution in [2.75, 3.05) is 5.32 Å². The number of hydrogen-bond acceptors (Lipinski definition) is 5. The fraction of sp³-hybridized carbons (Fsp3) is 0.0909. The van der Waals surface area contributed by atoms with Crippen molar-refractivity contribution < 1.29 is 0 Å². The Hall–Kier alpha value is -2.21. The molecule has 0 aliphatic carbocycles. The van der Waals surface area contributed by atoms with Gasteiger partial charge in [0.15, 0.2) is 0 Å². The first-order valence-corrected chi connectivity index (χ1v) is 5.71. The third-order valence-corrected chi connectivity index (χ3v) is 2.59. The third-order valence-electron chi connectivity index (χ3n) is 2.40. The molecule has 0 saturated heterocycles. The molecule has 3 heterocycles. The van der Waals surface area contributed by atoms with Gasteiger partial charge in [-0.1, -0.05) is 17.7 Å². The van der Waals surface area contributed by atoms with E-state index in [1.54, 1.807) is 16.8 Å². The van der Waals surface area contributed by atoms with Crippen LogP contribution in [0.4, 0.5) is 5.82 Å². The van der Waals surface area contributed by atoms with Crippen molar-refractivity contribution in [3.05, 3.63) is 47.6 Å². The number of halogens is 1. The van der Waals surface area contributed by atoms with Gasteiger partial charge in [0.05, 0.1) is 12.2 Å². The number of hydrogen-bond donors (Lipinski definition) is 1. The first kappa shape index (κ1) is 10.9. The Morgan fingerprint density at radius 1 is 1.28 bits per heavy atom. The Balaban J connectivity index is 1.88. The smallest absolute Gasteiger partial charge is 0.255 e. The van der Waals surface area contributed by atoms with Crippen LogP contribution >= 0.6 is 11.6 Å². The van der Waals surface area contributed by atoms with Crippen molar-refractivity contribution in [1.82, 2.24) is 24.6 Å². The van der Waals surface area contributed by atoms with Crippen LogP contribution in [-0.2, 0) is 6.54 Å². The lowest BCUT2D eigenvalue weighted by atomic mass is 10.3. The largest absolute Gasteiger partial charge is 0.364 e. The quantitative estimate of drug-likeness (QED) is 0.727. The number of pyridine rings is 1. The van der Waals surface area contributed by atoms with Gasteiger partial charge in [0, 0.05) is 12.3 Å². The first-order valence-electron chi connectivity index (χ1n) is 5.33. The summed E-state index contributed by atoms with van der Waals surface area (Å²) in [6.07, 6.45) is 3.19. The number of aromatic nitrogens is 5. The predicted molar refractivity (Wildman–Crippen MR) is 67.4 cm³/mol. The van der Waals surface area contributed by atoms with E-state index in [2.05, 4.69) is 25.4 Å². The molecule has 1 N–H and O–H groups in total. The van der Waals surface area contributed by atoms with E-state index in [9.17, 15) is 0 Å². The molecular formula is C11H9ClN6. The topological polar surface area (TPSA) is 68.0 Å². The molecule has 6 nitrogen and oxygen atoms in total. The van der Waals surface area contributed by atoms with Gasteiger partial charge in [0.1, 0.15) is 17.3 Å². The van der Waals surface area contributed by atoms with Gasteiger partial charge < -0.3 is 5.32 Å². The molecule has 0 amide bonds. The van der Waals surface area contributed by atoms with Gasteiger partial charge in [-0.25, -0.2) is 0 Å². The number of fused-ring (bicyclic) bond motifs is 1. The second kappa shape index (κ2) is 4.58. The Kier molecular flexibility index (Phi) is 2.77. The van der Waals surface area contributed by atoms with Gasteiger partial charge in [0.25, 0.3) is 5.78 Å². The van der Waals surface area contributed by atoms with E-state index in [1.807, 2.05) is 18.2 Å². The van der Waals surface area contributed by atoms with Crippen LogP contribution in [0, 0.1) is 0 Å². The average Bonchev–Trinajstić information content (AvgIpc) is 2.85. The lowest BCUT2D eigenvalue weighted by Gasteiger charge is -2.07. The lowest BCUT2D eigenvalue weighted by molar-refractivity contribution is 0.916. The molecule has 3 aromatic rings. The second-order valence-electron chi connectivity index (χ2n) is 3.61. The van der Waals surface area contributed by atoms with Crippen LogP contribution in [0.25, 0.3) is 5.78 Å². The molecule has 0 saturated carbocycles. The van der Waals surface area contributed by atoms with Crippen LogP contribution in [0.3, 0.4) is 0 Å². The zero-order valence-corrected chi connectivity index (χ0v) is 10.0. The van der Waals surface area contributed by atoms with Gasteiger partial charge in [-0.3, -0.25) is 4.98 Å². The molecular weight excluding hydrogens is 252 g/mol. The average molecular weight is 261 g/mol. The van der Waals surface area contributed by atoms with Crippen LogP contribution in [-0.4, -0.2) is 24.6 Å². The van der Waals surface area contributed by atoms with Crippen LogP contribution in [0.2, 0.25) is 5.15 Å². The highest BCUT2D eigenvalue weighted by Crippen LogP contribution is 2.14. The highest BCUT2D eigenvalue weighted by Gasteiger charge is 2.06. The SMILES string of the molecule is Clc1cc(NCc2ccccn2)n2ncnc2n1. The zero-order chi connectivity index (χ0) is 12.4. The molecule has 3 aromatic heterocycles. The van der Waals surface area contributed by atoms with E-state index in [1.165, 1.54) is 6.33 Å². The van der Waals surface area contributed by atoms with Crippen molar-refractivity contribution in [3.63, 3.8) is 0 Å². The lowest BCUT2D eigenvalue weighted by Crippen LogP contribution is -2.07. The van der Waals surface area contributed by atoms with E-state index >= 15 is 0 Å². The van der Waals surface area contributed by atoms with Crippen molar-refractivity contribution in [1.29, 1.82) is 0 Å². The Morgan fingerprint density at radius 2 is 2.22 bits per heavy atom. The second-order valence-corrected chi connectivity index (χ2v) is 4.00. The molecule has 0 atom stereocenters. The van der Waals surface area contributed by atoms with E-state index < -0.39 is 0 Å². The third kappa shape index (κ3) is 2.10. The molecule has 0 fully saturated rings. The van der Waals surface area contributed by atoms with Crippen LogP contribution in [0.15, 0.2) is 36.8 Å². The molecule has 0 bridgehead atoms. The van der Waals surface area contributed by atoms with Crippen molar-refractivity contribution in [2.45, 2.75) is 6.54 Å². The number of anilines is 1. The fourth-order valence-electron chi connectivity index (χ4n) is 1.59. The predicted octanol–water partition coefficient (Wildman–Crippen LogP) is 1.78. The highest BCUT2D eigenvalue weighted by atomic mass is 35.5. The summed E-state index contributed by atoms with van der Waals surface area (Å²) in [5.74, 6) is 1.19. The Bertz CT molecular complexity index is 666. The molecule has 3 rings (SSSR count). The normalized spacial score (nSPS) is 10.7. The molecule has 7 heteroatoms. The summed E-state index contributed by atoms with van der Waals surface area (Å²) >= 11 is 5.91. The van der Waals surface area contributed by atoms with Crippen LogP contribution < -0.4 is 5.32 Å². The Labute approximate surface area is 108 Å². The standard InChI is InChI=1S/C11H9ClN6/c12-9-5-10(18-11(17-9)15-7-16-18)14-6-8-3-1-2-4-13-8/h1-5,7,14H,6H2. The van der Waals surface area contributed by atoms with E-state index in [-0.39, 0.29) is 0 Å². The molecule has 18 heavy (non-hydrogen) atoms. The van der Waals surface area contributed by atoms with Crippen molar-refractivity contribution >= 4 is 23.2 Å². The van der Waals surface area contributed by atoms with Crippen molar-refractivity contribution in [3.8, 4) is 0 Å². The van der Waals surface area contributed by atoms with Crippen LogP contribution in [0.1, 0.15) is 5.69 Å². The molecule has 90 valence electrons. The molecule has 0 unspecified atom stereocenters. The molecule has 0 aliphatic heterocycles. The van der Waals surface area contributed by atoms with E-state index in [0.717, 1.165) is 11.5 Å². The van der Waals surface area contributed by atoms with Gasteiger partial charge in [0.2, 0.25) is 0 Å². The highest BCUT2D eigenvalue weighted by molar-refractivity contribution is 6.29. The van der Waals surface area contributed by atoms with Gasteiger partial charge in [-0.05, 0) is 12.1 Å². The van der Waals surface area contributed by atoms with Gasteiger partial charge >= 0.3 is 0 Å². The van der Waals surface area contributed by atoms with Crippen molar-refractivity contribution in [2.24, 2.45) is 0 Å². The maximum atomic E-state index is 5.91. The molecule has 0 spiro atoms. The minimum Gasteiger partial charge on any atom is -0.364 e. The summed E-state index contributed by atoms with van der Waals surface area (Å²) < 4.78 is 1.59. The monoisotopic (exact) mass is 260 g/mol. The first-order chi connectivity index (χ1) is 8.83. The summed E-state index contributed by atoms with van der Waals surface area (Å²) in [6, 6.07) is 7.46. The van der Waals surface area contributed by atoms with Gasteiger partial charge in [-0.2, -0.15) is 19.6 Å². The van der Waals surface area contributed by atoms with E-state index in [0.29, 0.717) is 17.5 Å². The molecule has 0 radical (unpaired) electrons. The maximum absolute atomic E-state index is 5.91. The fourth-order valence-corrected chi connectivity index (χ4v) is 1.77. The maximum Gasteiger partial charge on any atom is 0.255 e. The zero-order valence-electron chi connectivity index (χ0n) is 9.29. The number of nitrogens with zero attached hydrogens (tertiary/aromatic N) is 5. The Morgan fingerprint density at radius 3 is 3.06 bits per heavy atom. The molecule has 0 aromatic carbocycles. The summed E-state index contributed by atoms with van der Waals surface area (Å²) in [5.41, 5.74) is 0.929. The minimum atomic E-state index is 0.374. The van der Waals surface area contributed by atoms with E-state index in [4.69, 9.17) is 11.6 Å².